The van der Waals surface area contributed by atoms with Gasteiger partial charge < -0.3 is 19.2 Å². The number of rotatable bonds is 2. The summed E-state index contributed by atoms with van der Waals surface area (Å²) in [6, 6.07) is 5.04. The highest BCUT2D eigenvalue weighted by Crippen LogP contribution is 2.37. The molecule has 0 aliphatic carbocycles. The first kappa shape index (κ1) is 14.8. The summed E-state index contributed by atoms with van der Waals surface area (Å²) in [5.41, 5.74) is 0.967. The van der Waals surface area contributed by atoms with E-state index in [4.69, 9.17) is 25.5 Å². The van der Waals surface area contributed by atoms with Crippen molar-refractivity contribution in [1.29, 1.82) is 0 Å². The maximum Gasteiger partial charge on any atom is 0.259 e. The molecule has 1 aromatic heterocycles. The lowest BCUT2D eigenvalue weighted by Crippen LogP contribution is -2.12. The number of carbonyl (C=O) groups is 1. The molecule has 1 N–H and O–H groups in total. The number of hydrogen-bond donors (Lipinski definition) is 1. The summed E-state index contributed by atoms with van der Waals surface area (Å²) in [6.07, 6.45) is 0.807. The number of anilines is 1. The van der Waals surface area contributed by atoms with Gasteiger partial charge in [-0.2, -0.15) is 0 Å². The molecule has 0 saturated carbocycles. The smallest absolute Gasteiger partial charge is 0.259 e. The van der Waals surface area contributed by atoms with Crippen LogP contribution in [0, 0.1) is 13.8 Å². The fourth-order valence-electron chi connectivity index (χ4n) is 2.33. The molecule has 0 fully saturated rings. The first-order chi connectivity index (χ1) is 10.5. The summed E-state index contributed by atoms with van der Waals surface area (Å²) in [6.45, 7) is 4.70. The predicted molar refractivity (Wildman–Crippen MR) is 83.2 cm³/mol. The number of benzene rings is 1. The first-order valence-corrected chi connectivity index (χ1v) is 7.40. The van der Waals surface area contributed by atoms with Crippen molar-refractivity contribution >= 4 is 23.2 Å². The van der Waals surface area contributed by atoms with Crippen LogP contribution < -0.4 is 14.8 Å². The molecule has 0 bridgehead atoms. The largest absolute Gasteiger partial charge is 0.490 e. The van der Waals surface area contributed by atoms with Gasteiger partial charge in [0.05, 0.1) is 29.5 Å². The fourth-order valence-corrected chi connectivity index (χ4v) is 2.53. The van der Waals surface area contributed by atoms with Gasteiger partial charge in [-0.3, -0.25) is 4.79 Å². The Morgan fingerprint density at radius 3 is 2.45 bits per heavy atom. The van der Waals surface area contributed by atoms with Crippen LogP contribution in [-0.4, -0.2) is 19.1 Å². The molecular weight excluding hydrogens is 306 g/mol. The third kappa shape index (κ3) is 2.90. The van der Waals surface area contributed by atoms with Gasteiger partial charge in [-0.25, -0.2) is 0 Å². The third-order valence-corrected chi connectivity index (χ3v) is 3.68. The zero-order valence-corrected chi connectivity index (χ0v) is 13.1. The van der Waals surface area contributed by atoms with Crippen molar-refractivity contribution < 1.29 is 18.7 Å². The zero-order valence-electron chi connectivity index (χ0n) is 12.4. The number of carbonyl (C=O) groups excluding carboxylic acids is 1. The Morgan fingerprint density at radius 1 is 1.14 bits per heavy atom. The van der Waals surface area contributed by atoms with Crippen molar-refractivity contribution in [2.45, 2.75) is 20.3 Å². The monoisotopic (exact) mass is 321 g/mol. The van der Waals surface area contributed by atoms with Crippen LogP contribution in [0.4, 0.5) is 5.69 Å². The van der Waals surface area contributed by atoms with E-state index in [1.807, 2.05) is 0 Å². The van der Waals surface area contributed by atoms with E-state index < -0.39 is 0 Å². The van der Waals surface area contributed by atoms with Gasteiger partial charge in [0.25, 0.3) is 5.91 Å². The molecule has 1 aliphatic heterocycles. The van der Waals surface area contributed by atoms with E-state index in [-0.39, 0.29) is 5.91 Å². The molecule has 6 heteroatoms. The van der Waals surface area contributed by atoms with Gasteiger partial charge in [-0.15, -0.1) is 0 Å². The van der Waals surface area contributed by atoms with Crippen LogP contribution in [0.5, 0.6) is 11.5 Å². The van der Waals surface area contributed by atoms with Crippen LogP contribution >= 0.6 is 11.6 Å². The van der Waals surface area contributed by atoms with Crippen molar-refractivity contribution in [2.75, 3.05) is 18.5 Å². The van der Waals surface area contributed by atoms with E-state index in [0.717, 1.165) is 6.42 Å². The lowest BCUT2D eigenvalue weighted by molar-refractivity contribution is 0.102. The number of fused-ring (bicyclic) bond motifs is 1. The normalized spacial score (nSPS) is 13.6. The van der Waals surface area contributed by atoms with E-state index in [0.29, 0.717) is 52.5 Å². The fraction of sp³-hybridized carbons (Fsp3) is 0.312. The molecule has 0 radical (unpaired) electrons. The Morgan fingerprint density at radius 2 is 1.82 bits per heavy atom. The van der Waals surface area contributed by atoms with Gasteiger partial charge in [0.15, 0.2) is 11.5 Å². The van der Waals surface area contributed by atoms with Gasteiger partial charge in [-0.1, -0.05) is 11.6 Å². The van der Waals surface area contributed by atoms with Gasteiger partial charge in [0.2, 0.25) is 0 Å². The SMILES string of the molecule is Cc1cc(C(=O)Nc2cc3c(cc2Cl)OCCCO3)c(C)o1. The Hall–Kier alpha value is -2.14. The molecule has 2 aromatic rings. The van der Waals surface area contributed by atoms with Gasteiger partial charge >= 0.3 is 0 Å². The Labute approximate surface area is 133 Å². The Kier molecular flexibility index (Phi) is 3.98. The van der Waals surface area contributed by atoms with Crippen molar-refractivity contribution in [2.24, 2.45) is 0 Å². The van der Waals surface area contributed by atoms with E-state index in [1.54, 1.807) is 32.0 Å². The molecule has 0 spiro atoms. The molecule has 116 valence electrons. The molecule has 3 rings (SSSR count). The van der Waals surface area contributed by atoms with Crippen molar-refractivity contribution in [1.82, 2.24) is 0 Å². The third-order valence-electron chi connectivity index (χ3n) is 3.37. The highest BCUT2D eigenvalue weighted by atomic mass is 35.5. The number of furan rings is 1. The minimum atomic E-state index is -0.272. The molecule has 1 aromatic carbocycles. The van der Waals surface area contributed by atoms with Gasteiger partial charge in [-0.05, 0) is 19.9 Å². The summed E-state index contributed by atoms with van der Waals surface area (Å²) >= 11 is 6.22. The maximum atomic E-state index is 12.3. The van der Waals surface area contributed by atoms with E-state index in [2.05, 4.69) is 5.32 Å². The topological polar surface area (TPSA) is 60.7 Å². The summed E-state index contributed by atoms with van der Waals surface area (Å²) < 4.78 is 16.5. The van der Waals surface area contributed by atoms with E-state index in [1.165, 1.54) is 0 Å². The second-order valence-corrected chi connectivity index (χ2v) is 5.52. The standard InChI is InChI=1S/C16H16ClNO4/c1-9-6-11(10(2)22-9)16(19)18-13-8-15-14(7-12(13)17)20-4-3-5-21-15/h6-8H,3-5H2,1-2H3,(H,18,19). The van der Waals surface area contributed by atoms with Gasteiger partial charge in [0, 0.05) is 18.6 Å². The van der Waals surface area contributed by atoms with Crippen molar-refractivity contribution in [3.05, 3.63) is 40.3 Å². The van der Waals surface area contributed by atoms with Crippen molar-refractivity contribution in [3.8, 4) is 11.5 Å². The first-order valence-electron chi connectivity index (χ1n) is 7.02. The van der Waals surface area contributed by atoms with Crippen LogP contribution in [0.25, 0.3) is 0 Å². The molecule has 1 amide bonds. The summed E-state index contributed by atoms with van der Waals surface area (Å²) in [4.78, 5) is 12.3. The van der Waals surface area contributed by atoms with Crippen molar-refractivity contribution in [3.63, 3.8) is 0 Å². The minimum absolute atomic E-state index is 0.272. The Bertz CT molecular complexity index is 723. The molecular formula is C16H16ClNO4. The average Bonchev–Trinajstić information content (AvgIpc) is 2.67. The van der Waals surface area contributed by atoms with E-state index >= 15 is 0 Å². The lowest BCUT2D eigenvalue weighted by atomic mass is 10.2. The number of amides is 1. The van der Waals surface area contributed by atoms with Crippen LogP contribution in [0.3, 0.4) is 0 Å². The Balaban J connectivity index is 1.87. The summed E-state index contributed by atoms with van der Waals surface area (Å²) in [7, 11) is 0. The number of halogens is 1. The molecule has 0 atom stereocenters. The van der Waals surface area contributed by atoms with Crippen LogP contribution in [0.2, 0.25) is 5.02 Å². The summed E-state index contributed by atoms with van der Waals surface area (Å²) in [5, 5.41) is 3.18. The molecule has 22 heavy (non-hydrogen) atoms. The molecule has 5 nitrogen and oxygen atoms in total. The zero-order chi connectivity index (χ0) is 15.7. The second-order valence-electron chi connectivity index (χ2n) is 5.11. The molecule has 0 saturated heterocycles. The number of nitrogens with one attached hydrogen (secondary N) is 1. The van der Waals surface area contributed by atoms with Crippen LogP contribution in [-0.2, 0) is 0 Å². The number of ether oxygens (including phenoxy) is 2. The molecule has 2 heterocycles. The van der Waals surface area contributed by atoms with Crippen LogP contribution in [0.15, 0.2) is 22.6 Å². The second kappa shape index (κ2) is 5.93. The van der Waals surface area contributed by atoms with Gasteiger partial charge in [0.1, 0.15) is 11.5 Å². The van der Waals surface area contributed by atoms with Crippen LogP contribution in [0.1, 0.15) is 28.3 Å². The highest BCUT2D eigenvalue weighted by Gasteiger charge is 2.18. The maximum absolute atomic E-state index is 12.3. The molecule has 1 aliphatic rings. The predicted octanol–water partition coefficient (Wildman–Crippen LogP) is 3.96. The summed E-state index contributed by atoms with van der Waals surface area (Å²) in [5.74, 6) is 2.16. The number of aryl methyl sites for hydroxylation is 2. The highest BCUT2D eigenvalue weighted by molar-refractivity contribution is 6.34. The molecule has 0 unspecified atom stereocenters. The minimum Gasteiger partial charge on any atom is -0.490 e. The average molecular weight is 322 g/mol. The quantitative estimate of drug-likeness (QED) is 0.909. The number of hydrogen-bond acceptors (Lipinski definition) is 4. The van der Waals surface area contributed by atoms with E-state index in [9.17, 15) is 4.79 Å². The lowest BCUT2D eigenvalue weighted by Gasteiger charge is -2.12.